The van der Waals surface area contributed by atoms with Gasteiger partial charge in [-0.05, 0) is 18.6 Å². The number of pyridine rings is 1. The second-order valence-corrected chi connectivity index (χ2v) is 7.66. The van der Waals surface area contributed by atoms with Crippen LogP contribution in [0.1, 0.15) is 29.2 Å². The van der Waals surface area contributed by atoms with Gasteiger partial charge in [0.15, 0.2) is 5.79 Å². The van der Waals surface area contributed by atoms with Crippen molar-refractivity contribution in [2.75, 3.05) is 26.3 Å². The number of amides is 1. The lowest BCUT2D eigenvalue weighted by Gasteiger charge is -2.37. The number of ether oxygens (including phenoxy) is 2. The normalized spacial score (nSPS) is 19.2. The molecule has 0 aliphatic carbocycles. The van der Waals surface area contributed by atoms with Gasteiger partial charge in [-0.25, -0.2) is 4.98 Å². The molecule has 0 atom stereocenters. The average Bonchev–Trinajstić information content (AvgIpc) is 3.31. The minimum Gasteiger partial charge on any atom is -0.347 e. The molecule has 2 aromatic rings. The first-order valence-electron chi connectivity index (χ1n) is 9.11. The minimum atomic E-state index is -0.434. The van der Waals surface area contributed by atoms with Crippen LogP contribution < -0.4 is 0 Å². The van der Waals surface area contributed by atoms with Crippen LogP contribution in [0, 0.1) is 0 Å². The van der Waals surface area contributed by atoms with E-state index < -0.39 is 5.79 Å². The van der Waals surface area contributed by atoms with Gasteiger partial charge in [0.25, 0.3) is 0 Å². The number of carbonyl (C=O) groups is 1. The van der Waals surface area contributed by atoms with Gasteiger partial charge in [-0.3, -0.25) is 9.78 Å². The lowest BCUT2D eigenvalue weighted by atomic mass is 10.0. The van der Waals surface area contributed by atoms with Crippen LogP contribution in [0.3, 0.4) is 0 Å². The minimum absolute atomic E-state index is 0.138. The molecule has 2 fully saturated rings. The van der Waals surface area contributed by atoms with Gasteiger partial charge in [-0.15, -0.1) is 11.3 Å². The zero-order valence-electron chi connectivity index (χ0n) is 14.7. The molecule has 26 heavy (non-hydrogen) atoms. The Morgan fingerprint density at radius 3 is 2.69 bits per heavy atom. The van der Waals surface area contributed by atoms with E-state index in [-0.39, 0.29) is 5.91 Å². The molecule has 0 N–H and O–H groups in total. The summed E-state index contributed by atoms with van der Waals surface area (Å²) in [5.74, 6) is -0.296. The van der Waals surface area contributed by atoms with Gasteiger partial charge in [-0.1, -0.05) is 6.07 Å². The second-order valence-electron chi connectivity index (χ2n) is 6.72. The molecule has 0 saturated carbocycles. The molecule has 0 unspecified atom stereocenters. The van der Waals surface area contributed by atoms with Crippen molar-refractivity contribution in [1.82, 2.24) is 14.9 Å². The van der Waals surface area contributed by atoms with Crippen molar-refractivity contribution in [2.45, 2.75) is 37.9 Å². The lowest BCUT2D eigenvalue weighted by Crippen LogP contribution is -2.47. The summed E-state index contributed by atoms with van der Waals surface area (Å²) in [5.41, 5.74) is 1.93. The predicted molar refractivity (Wildman–Crippen MR) is 97.9 cm³/mol. The SMILES string of the molecule is O=C(Cc1csc(CCc2ccccn2)n1)N1CCC2(CC1)OCCO2. The number of likely N-dealkylation sites (tertiary alicyclic amines) is 1. The van der Waals surface area contributed by atoms with Gasteiger partial charge >= 0.3 is 0 Å². The third-order valence-corrected chi connectivity index (χ3v) is 5.90. The number of aryl methyl sites for hydroxylation is 2. The molecule has 0 aromatic carbocycles. The van der Waals surface area contributed by atoms with Gasteiger partial charge in [-0.2, -0.15) is 0 Å². The smallest absolute Gasteiger partial charge is 0.228 e. The second kappa shape index (κ2) is 7.82. The predicted octanol–water partition coefficient (Wildman–Crippen LogP) is 2.23. The fourth-order valence-electron chi connectivity index (χ4n) is 3.48. The number of hydrogen-bond acceptors (Lipinski definition) is 6. The Labute approximate surface area is 157 Å². The van der Waals surface area contributed by atoms with E-state index in [1.807, 2.05) is 34.7 Å². The molecule has 138 valence electrons. The van der Waals surface area contributed by atoms with E-state index >= 15 is 0 Å². The molecule has 2 aromatic heterocycles. The van der Waals surface area contributed by atoms with Crippen molar-refractivity contribution in [3.63, 3.8) is 0 Å². The summed E-state index contributed by atoms with van der Waals surface area (Å²) < 4.78 is 11.4. The summed E-state index contributed by atoms with van der Waals surface area (Å²) in [5, 5.41) is 3.06. The van der Waals surface area contributed by atoms with E-state index in [4.69, 9.17) is 9.47 Å². The first-order valence-corrected chi connectivity index (χ1v) is 9.99. The van der Waals surface area contributed by atoms with Crippen LogP contribution in [-0.2, 0) is 33.5 Å². The van der Waals surface area contributed by atoms with Gasteiger partial charge in [0.2, 0.25) is 5.91 Å². The van der Waals surface area contributed by atoms with Crippen LogP contribution in [-0.4, -0.2) is 52.9 Å². The molecule has 7 heteroatoms. The Morgan fingerprint density at radius 1 is 1.15 bits per heavy atom. The van der Waals surface area contributed by atoms with Crippen molar-refractivity contribution < 1.29 is 14.3 Å². The average molecular weight is 373 g/mol. The van der Waals surface area contributed by atoms with Gasteiger partial charge in [0, 0.05) is 49.6 Å². The number of thiazole rings is 1. The summed E-state index contributed by atoms with van der Waals surface area (Å²) in [7, 11) is 0. The van der Waals surface area contributed by atoms with E-state index in [9.17, 15) is 4.79 Å². The highest BCUT2D eigenvalue weighted by molar-refractivity contribution is 7.09. The highest BCUT2D eigenvalue weighted by atomic mass is 32.1. The molecule has 4 rings (SSSR count). The molecular weight excluding hydrogens is 350 g/mol. The Bertz CT molecular complexity index is 733. The molecule has 2 aliphatic rings. The van der Waals surface area contributed by atoms with Crippen LogP contribution in [0.15, 0.2) is 29.8 Å². The molecule has 1 spiro atoms. The molecule has 0 radical (unpaired) electrons. The highest BCUT2D eigenvalue weighted by Gasteiger charge is 2.40. The zero-order valence-corrected chi connectivity index (χ0v) is 15.5. The first kappa shape index (κ1) is 17.6. The number of carbonyl (C=O) groups excluding carboxylic acids is 1. The molecule has 1 amide bonds. The molecule has 2 aliphatic heterocycles. The fourth-order valence-corrected chi connectivity index (χ4v) is 4.27. The molecule has 6 nitrogen and oxygen atoms in total. The maximum absolute atomic E-state index is 12.6. The number of aromatic nitrogens is 2. The summed E-state index contributed by atoms with van der Waals surface area (Å²) in [4.78, 5) is 23.4. The van der Waals surface area contributed by atoms with Gasteiger partial charge < -0.3 is 14.4 Å². The van der Waals surface area contributed by atoms with Crippen molar-refractivity contribution in [2.24, 2.45) is 0 Å². The lowest BCUT2D eigenvalue weighted by molar-refractivity contribution is -0.187. The van der Waals surface area contributed by atoms with E-state index in [1.165, 1.54) is 0 Å². The van der Waals surface area contributed by atoms with Crippen molar-refractivity contribution in [3.8, 4) is 0 Å². The van der Waals surface area contributed by atoms with Gasteiger partial charge in [0.1, 0.15) is 0 Å². The van der Waals surface area contributed by atoms with Crippen LogP contribution in [0.2, 0.25) is 0 Å². The Morgan fingerprint density at radius 2 is 1.96 bits per heavy atom. The highest BCUT2D eigenvalue weighted by Crippen LogP contribution is 2.31. The van der Waals surface area contributed by atoms with E-state index in [0.29, 0.717) is 32.7 Å². The first-order chi connectivity index (χ1) is 12.7. The van der Waals surface area contributed by atoms with Crippen LogP contribution in [0.25, 0.3) is 0 Å². The third kappa shape index (κ3) is 4.11. The monoisotopic (exact) mass is 373 g/mol. The molecule has 2 saturated heterocycles. The van der Waals surface area contributed by atoms with Crippen LogP contribution >= 0.6 is 11.3 Å². The maximum atomic E-state index is 12.6. The number of nitrogens with zero attached hydrogens (tertiary/aromatic N) is 3. The van der Waals surface area contributed by atoms with Gasteiger partial charge in [0.05, 0.1) is 30.3 Å². The van der Waals surface area contributed by atoms with Crippen LogP contribution in [0.4, 0.5) is 0 Å². The molecule has 4 heterocycles. The third-order valence-electron chi connectivity index (χ3n) is 4.94. The Hall–Kier alpha value is -1.83. The fraction of sp³-hybridized carbons (Fsp3) is 0.526. The van der Waals surface area contributed by atoms with E-state index in [1.54, 1.807) is 11.3 Å². The number of piperidine rings is 1. The van der Waals surface area contributed by atoms with E-state index in [0.717, 1.165) is 42.1 Å². The Kier molecular flexibility index (Phi) is 5.28. The van der Waals surface area contributed by atoms with E-state index in [2.05, 4.69) is 9.97 Å². The summed E-state index contributed by atoms with van der Waals surface area (Å²) in [6, 6.07) is 5.95. The number of rotatable bonds is 5. The van der Waals surface area contributed by atoms with Crippen molar-refractivity contribution in [3.05, 3.63) is 46.2 Å². The van der Waals surface area contributed by atoms with Crippen molar-refractivity contribution in [1.29, 1.82) is 0 Å². The Balaban J connectivity index is 1.26. The summed E-state index contributed by atoms with van der Waals surface area (Å²) in [6.07, 6.45) is 5.42. The van der Waals surface area contributed by atoms with Crippen molar-refractivity contribution >= 4 is 17.2 Å². The quantitative estimate of drug-likeness (QED) is 0.804. The summed E-state index contributed by atoms with van der Waals surface area (Å²) in [6.45, 7) is 2.70. The standard InChI is InChI=1S/C19H23N3O3S/c23-18(22-9-6-19(7-10-22)24-11-12-25-19)13-16-14-26-17(21-16)5-4-15-3-1-2-8-20-15/h1-3,8,14H,4-7,9-13H2. The molecule has 0 bridgehead atoms. The largest absolute Gasteiger partial charge is 0.347 e. The molecular formula is C19H23N3O3S. The van der Waals surface area contributed by atoms with Crippen LogP contribution in [0.5, 0.6) is 0 Å². The maximum Gasteiger partial charge on any atom is 0.228 e. The topological polar surface area (TPSA) is 64.6 Å². The number of hydrogen-bond donors (Lipinski definition) is 0. The summed E-state index contributed by atoms with van der Waals surface area (Å²) >= 11 is 1.62. The zero-order chi connectivity index (χ0) is 17.8.